The smallest absolute Gasteiger partial charge is 0.387 e. The number of likely N-dealkylation sites (N-methyl/N-ethyl adjacent to an activating group) is 1. The molecule has 2 rings (SSSR count). The highest BCUT2D eigenvalue weighted by molar-refractivity contribution is 5.93. The molecule has 1 amide bonds. The van der Waals surface area contributed by atoms with Crippen molar-refractivity contribution in [1.29, 1.82) is 0 Å². The van der Waals surface area contributed by atoms with Crippen molar-refractivity contribution in [3.63, 3.8) is 0 Å². The molecule has 0 heterocycles. The topological polar surface area (TPSA) is 53.6 Å². The average Bonchev–Trinajstić information content (AvgIpc) is 2.62. The highest BCUT2D eigenvalue weighted by Gasteiger charge is 2.21. The summed E-state index contributed by atoms with van der Waals surface area (Å²) in [6.45, 7) is 2.65. The molecule has 0 fully saturated rings. The molecule has 0 aliphatic rings. The molecule has 0 unspecified atom stereocenters. The number of nitrogens with zero attached hydrogens (tertiary/aromatic N) is 1. The van der Waals surface area contributed by atoms with Gasteiger partial charge in [0.1, 0.15) is 5.75 Å². The van der Waals surface area contributed by atoms with Crippen molar-refractivity contribution < 1.29 is 18.3 Å². The van der Waals surface area contributed by atoms with E-state index < -0.39 is 6.61 Å². The van der Waals surface area contributed by atoms with E-state index in [1.807, 2.05) is 39.1 Å². The van der Waals surface area contributed by atoms with Crippen LogP contribution in [0.5, 0.6) is 5.75 Å². The largest absolute Gasteiger partial charge is 0.433 e. The summed E-state index contributed by atoms with van der Waals surface area (Å²) in [5, 5.41) is 5.82. The summed E-state index contributed by atoms with van der Waals surface area (Å²) in [6, 6.07) is 16.3. The van der Waals surface area contributed by atoms with E-state index in [1.165, 1.54) is 17.7 Å². The number of carbonyl (C=O) groups excluding carboxylic acids is 1. The van der Waals surface area contributed by atoms with Gasteiger partial charge in [0, 0.05) is 18.6 Å². The number of carbonyl (C=O) groups is 1. The van der Waals surface area contributed by atoms with Gasteiger partial charge in [-0.25, -0.2) is 0 Å². The van der Waals surface area contributed by atoms with E-state index in [0.717, 1.165) is 13.1 Å². The number of amides is 1. The maximum atomic E-state index is 12.5. The van der Waals surface area contributed by atoms with Gasteiger partial charge in [-0.3, -0.25) is 4.79 Å². The standard InChI is InChI=1S/C21H27F2N3O2/c1-21(2,15-26(3)14-16-9-5-4-6-10-16)24-13-19(27)25-17-11-7-8-12-18(17)28-20(22)23/h4-12,20,24H,13-15H2,1-3H3,(H,25,27). The third kappa shape index (κ3) is 7.62. The maximum absolute atomic E-state index is 12.5. The van der Waals surface area contributed by atoms with Gasteiger partial charge >= 0.3 is 6.61 Å². The summed E-state index contributed by atoms with van der Waals surface area (Å²) in [5.41, 5.74) is 1.11. The Bertz CT molecular complexity index is 754. The fourth-order valence-corrected chi connectivity index (χ4v) is 2.96. The van der Waals surface area contributed by atoms with Gasteiger partial charge in [0.2, 0.25) is 5.91 Å². The number of rotatable bonds is 10. The third-order valence-electron chi connectivity index (χ3n) is 4.07. The Morgan fingerprint density at radius 1 is 1.11 bits per heavy atom. The molecule has 2 aromatic carbocycles. The van der Waals surface area contributed by atoms with E-state index in [2.05, 4.69) is 32.4 Å². The van der Waals surface area contributed by atoms with Crippen LogP contribution in [0.3, 0.4) is 0 Å². The predicted octanol–water partition coefficient (Wildman–Crippen LogP) is 3.73. The molecular weight excluding hydrogens is 364 g/mol. The number of alkyl halides is 2. The van der Waals surface area contributed by atoms with Crippen molar-refractivity contribution in [2.24, 2.45) is 0 Å². The van der Waals surface area contributed by atoms with E-state index in [-0.39, 0.29) is 29.4 Å². The zero-order valence-electron chi connectivity index (χ0n) is 16.4. The minimum Gasteiger partial charge on any atom is -0.433 e. The molecule has 0 spiro atoms. The Morgan fingerprint density at radius 3 is 2.43 bits per heavy atom. The highest BCUT2D eigenvalue weighted by Crippen LogP contribution is 2.25. The summed E-state index contributed by atoms with van der Waals surface area (Å²) >= 11 is 0. The lowest BCUT2D eigenvalue weighted by Gasteiger charge is -2.31. The Balaban J connectivity index is 1.84. The first kappa shape index (κ1) is 21.8. The van der Waals surface area contributed by atoms with Gasteiger partial charge in [0.25, 0.3) is 0 Å². The number of benzene rings is 2. The van der Waals surface area contributed by atoms with Crippen LogP contribution < -0.4 is 15.4 Å². The molecule has 0 aliphatic carbocycles. The van der Waals surface area contributed by atoms with Crippen molar-refractivity contribution in [3.05, 3.63) is 60.2 Å². The molecule has 0 aromatic heterocycles. The molecule has 152 valence electrons. The van der Waals surface area contributed by atoms with Crippen LogP contribution >= 0.6 is 0 Å². The van der Waals surface area contributed by atoms with Crippen LogP contribution in [0.15, 0.2) is 54.6 Å². The minimum absolute atomic E-state index is 0.0508. The lowest BCUT2D eigenvalue weighted by atomic mass is 10.0. The van der Waals surface area contributed by atoms with Gasteiger partial charge in [0.15, 0.2) is 0 Å². The number of ether oxygens (including phenoxy) is 1. The molecule has 0 saturated carbocycles. The molecule has 0 radical (unpaired) electrons. The molecule has 0 bridgehead atoms. The number of hydrogen-bond acceptors (Lipinski definition) is 4. The van der Waals surface area contributed by atoms with Gasteiger partial charge in [-0.1, -0.05) is 42.5 Å². The van der Waals surface area contributed by atoms with E-state index in [9.17, 15) is 13.6 Å². The fraction of sp³-hybridized carbons (Fsp3) is 0.381. The van der Waals surface area contributed by atoms with Crippen molar-refractivity contribution in [2.45, 2.75) is 32.5 Å². The lowest BCUT2D eigenvalue weighted by molar-refractivity contribution is -0.115. The minimum atomic E-state index is -2.95. The summed E-state index contributed by atoms with van der Waals surface area (Å²) < 4.78 is 29.4. The Morgan fingerprint density at radius 2 is 1.75 bits per heavy atom. The number of anilines is 1. The van der Waals surface area contributed by atoms with Crippen LogP contribution in [0.2, 0.25) is 0 Å². The average molecular weight is 391 g/mol. The van der Waals surface area contributed by atoms with Crippen LogP contribution in [0, 0.1) is 0 Å². The van der Waals surface area contributed by atoms with Crippen molar-refractivity contribution in [3.8, 4) is 5.75 Å². The van der Waals surface area contributed by atoms with Gasteiger partial charge in [-0.15, -0.1) is 0 Å². The molecule has 0 saturated heterocycles. The number of nitrogens with one attached hydrogen (secondary N) is 2. The normalized spacial score (nSPS) is 11.7. The molecule has 2 N–H and O–H groups in total. The van der Waals surface area contributed by atoms with Crippen LogP contribution in [0.25, 0.3) is 0 Å². The second-order valence-corrected chi connectivity index (χ2v) is 7.32. The monoisotopic (exact) mass is 391 g/mol. The van der Waals surface area contributed by atoms with Crippen molar-refractivity contribution >= 4 is 11.6 Å². The van der Waals surface area contributed by atoms with Crippen LogP contribution in [-0.4, -0.2) is 43.1 Å². The van der Waals surface area contributed by atoms with Crippen molar-refractivity contribution in [1.82, 2.24) is 10.2 Å². The fourth-order valence-electron chi connectivity index (χ4n) is 2.96. The zero-order valence-corrected chi connectivity index (χ0v) is 16.4. The van der Waals surface area contributed by atoms with Gasteiger partial charge in [-0.2, -0.15) is 8.78 Å². The number of halogens is 2. The molecule has 28 heavy (non-hydrogen) atoms. The Kier molecular flexibility index (Phi) is 7.90. The molecular formula is C21H27F2N3O2. The van der Waals surface area contributed by atoms with E-state index >= 15 is 0 Å². The first-order valence-corrected chi connectivity index (χ1v) is 9.06. The predicted molar refractivity (Wildman–Crippen MR) is 107 cm³/mol. The Hall–Kier alpha value is -2.51. The second-order valence-electron chi connectivity index (χ2n) is 7.32. The zero-order chi connectivity index (χ0) is 20.6. The maximum Gasteiger partial charge on any atom is 0.387 e. The van der Waals surface area contributed by atoms with E-state index in [0.29, 0.717) is 0 Å². The Labute approximate surface area is 164 Å². The lowest BCUT2D eigenvalue weighted by Crippen LogP contribution is -2.50. The number of para-hydroxylation sites is 2. The van der Waals surface area contributed by atoms with E-state index in [1.54, 1.807) is 12.1 Å². The molecule has 2 aromatic rings. The van der Waals surface area contributed by atoms with Crippen LogP contribution in [-0.2, 0) is 11.3 Å². The molecule has 0 atom stereocenters. The molecule has 0 aliphatic heterocycles. The molecule has 7 heteroatoms. The highest BCUT2D eigenvalue weighted by atomic mass is 19.3. The SMILES string of the molecule is CN(Cc1ccccc1)CC(C)(C)NCC(=O)Nc1ccccc1OC(F)F. The summed E-state index contributed by atoms with van der Waals surface area (Å²) in [4.78, 5) is 14.4. The van der Waals surface area contributed by atoms with Crippen LogP contribution in [0.1, 0.15) is 19.4 Å². The summed E-state index contributed by atoms with van der Waals surface area (Å²) in [7, 11) is 2.02. The summed E-state index contributed by atoms with van der Waals surface area (Å²) in [6.07, 6.45) is 0. The quantitative estimate of drug-likeness (QED) is 0.648. The molecule has 5 nitrogen and oxygen atoms in total. The first-order valence-electron chi connectivity index (χ1n) is 9.06. The van der Waals surface area contributed by atoms with E-state index in [4.69, 9.17) is 0 Å². The van der Waals surface area contributed by atoms with Crippen molar-refractivity contribution in [2.75, 3.05) is 25.5 Å². The van der Waals surface area contributed by atoms with Gasteiger partial charge in [-0.05, 0) is 38.6 Å². The van der Waals surface area contributed by atoms with Gasteiger partial charge < -0.3 is 20.3 Å². The van der Waals surface area contributed by atoms with Crippen LogP contribution in [0.4, 0.5) is 14.5 Å². The third-order valence-corrected chi connectivity index (χ3v) is 4.07. The summed E-state index contributed by atoms with van der Waals surface area (Å²) in [5.74, 6) is -0.392. The first-order chi connectivity index (χ1) is 13.2. The second kappa shape index (κ2) is 10.1. The van der Waals surface area contributed by atoms with Gasteiger partial charge in [0.05, 0.1) is 12.2 Å². The number of hydrogen-bond donors (Lipinski definition) is 2.